The molecule has 0 amide bonds. The third kappa shape index (κ3) is 3.09. The molecule has 1 aromatic heterocycles. The van der Waals surface area contributed by atoms with Gasteiger partial charge in [-0.3, -0.25) is 4.98 Å². The molecule has 0 spiro atoms. The molecule has 0 atom stereocenters. The van der Waals surface area contributed by atoms with Crippen LogP contribution < -0.4 is 10.2 Å². The van der Waals surface area contributed by atoms with Gasteiger partial charge in [0.05, 0.1) is 24.9 Å². The molecule has 0 fully saturated rings. The van der Waals surface area contributed by atoms with E-state index in [0.29, 0.717) is 19.0 Å². The SMILES string of the molecule is CNc1cncc(N(CCC#N)C(C)C)n1. The smallest absolute Gasteiger partial charge is 0.149 e. The van der Waals surface area contributed by atoms with Crippen LogP contribution in [0.4, 0.5) is 11.6 Å². The van der Waals surface area contributed by atoms with Crippen molar-refractivity contribution in [2.45, 2.75) is 26.3 Å². The zero-order chi connectivity index (χ0) is 12.0. The quantitative estimate of drug-likeness (QED) is 0.815. The molecule has 0 aliphatic rings. The summed E-state index contributed by atoms with van der Waals surface area (Å²) in [5.41, 5.74) is 0. The van der Waals surface area contributed by atoms with E-state index in [1.165, 1.54) is 0 Å². The highest BCUT2D eigenvalue weighted by Crippen LogP contribution is 2.15. The summed E-state index contributed by atoms with van der Waals surface area (Å²) in [4.78, 5) is 10.6. The number of nitriles is 1. The predicted molar refractivity (Wildman–Crippen MR) is 64.3 cm³/mol. The topological polar surface area (TPSA) is 64.8 Å². The Hall–Kier alpha value is -1.83. The van der Waals surface area contributed by atoms with Crippen LogP contribution in [0.3, 0.4) is 0 Å². The first-order chi connectivity index (χ1) is 7.69. The van der Waals surface area contributed by atoms with Gasteiger partial charge in [-0.25, -0.2) is 4.98 Å². The molecule has 86 valence electrons. The van der Waals surface area contributed by atoms with Gasteiger partial charge < -0.3 is 10.2 Å². The summed E-state index contributed by atoms with van der Waals surface area (Å²) in [7, 11) is 1.81. The number of nitrogens with one attached hydrogen (secondary N) is 1. The molecular weight excluding hydrogens is 202 g/mol. The fourth-order valence-corrected chi connectivity index (χ4v) is 1.42. The number of aromatic nitrogens is 2. The summed E-state index contributed by atoms with van der Waals surface area (Å²) < 4.78 is 0. The molecule has 1 aromatic rings. The standard InChI is InChI=1S/C11H17N5/c1-9(2)16(6-4-5-12)11-8-14-7-10(13-3)15-11/h7-9H,4,6H2,1-3H3,(H,13,15). The average Bonchev–Trinajstić information content (AvgIpc) is 2.29. The van der Waals surface area contributed by atoms with E-state index in [0.717, 1.165) is 11.6 Å². The Morgan fingerprint density at radius 1 is 1.50 bits per heavy atom. The predicted octanol–water partition coefficient (Wildman–Crippen LogP) is 1.65. The van der Waals surface area contributed by atoms with Crippen LogP contribution >= 0.6 is 0 Å². The molecule has 0 saturated carbocycles. The summed E-state index contributed by atoms with van der Waals surface area (Å²) in [6.45, 7) is 4.83. The first-order valence-corrected chi connectivity index (χ1v) is 5.32. The molecule has 1 heterocycles. The Morgan fingerprint density at radius 3 is 2.81 bits per heavy atom. The third-order valence-electron chi connectivity index (χ3n) is 2.26. The van der Waals surface area contributed by atoms with Gasteiger partial charge in [-0.15, -0.1) is 0 Å². The zero-order valence-corrected chi connectivity index (χ0v) is 9.94. The largest absolute Gasteiger partial charge is 0.372 e. The highest BCUT2D eigenvalue weighted by atomic mass is 15.2. The van der Waals surface area contributed by atoms with E-state index in [1.807, 2.05) is 7.05 Å². The van der Waals surface area contributed by atoms with Gasteiger partial charge in [0.2, 0.25) is 0 Å². The number of anilines is 2. The van der Waals surface area contributed by atoms with Crippen LogP contribution in [0.15, 0.2) is 12.4 Å². The second-order valence-electron chi connectivity index (χ2n) is 3.71. The van der Waals surface area contributed by atoms with Gasteiger partial charge >= 0.3 is 0 Å². The highest BCUT2D eigenvalue weighted by molar-refractivity contribution is 5.44. The lowest BCUT2D eigenvalue weighted by molar-refractivity contribution is 0.675. The summed E-state index contributed by atoms with van der Waals surface area (Å²) in [6, 6.07) is 2.45. The summed E-state index contributed by atoms with van der Waals surface area (Å²) >= 11 is 0. The van der Waals surface area contributed by atoms with Gasteiger partial charge in [-0.2, -0.15) is 5.26 Å². The minimum Gasteiger partial charge on any atom is -0.372 e. The van der Waals surface area contributed by atoms with E-state index >= 15 is 0 Å². The van der Waals surface area contributed by atoms with Crippen molar-refractivity contribution in [2.24, 2.45) is 0 Å². The van der Waals surface area contributed by atoms with Gasteiger partial charge in [0, 0.05) is 19.6 Å². The van der Waals surface area contributed by atoms with Gasteiger partial charge in [-0.05, 0) is 13.8 Å². The van der Waals surface area contributed by atoms with Gasteiger partial charge in [0.1, 0.15) is 11.6 Å². The van der Waals surface area contributed by atoms with Crippen molar-refractivity contribution in [3.8, 4) is 6.07 Å². The lowest BCUT2D eigenvalue weighted by atomic mass is 10.3. The maximum Gasteiger partial charge on any atom is 0.149 e. The molecule has 0 unspecified atom stereocenters. The first kappa shape index (κ1) is 12.2. The van der Waals surface area contributed by atoms with E-state index < -0.39 is 0 Å². The van der Waals surface area contributed by atoms with Gasteiger partial charge in [0.15, 0.2) is 0 Å². The fourth-order valence-electron chi connectivity index (χ4n) is 1.42. The second-order valence-corrected chi connectivity index (χ2v) is 3.71. The first-order valence-electron chi connectivity index (χ1n) is 5.32. The minimum absolute atomic E-state index is 0.301. The molecule has 0 aromatic carbocycles. The Labute approximate surface area is 96.1 Å². The van der Waals surface area contributed by atoms with Gasteiger partial charge in [0.25, 0.3) is 0 Å². The van der Waals surface area contributed by atoms with Crippen molar-refractivity contribution in [3.05, 3.63) is 12.4 Å². The lowest BCUT2D eigenvalue weighted by Gasteiger charge is -2.26. The third-order valence-corrected chi connectivity index (χ3v) is 2.26. The Balaban J connectivity index is 2.88. The highest BCUT2D eigenvalue weighted by Gasteiger charge is 2.12. The zero-order valence-electron chi connectivity index (χ0n) is 9.94. The molecule has 0 saturated heterocycles. The normalized spacial score (nSPS) is 9.94. The molecule has 0 bridgehead atoms. The van der Waals surface area contributed by atoms with Crippen LogP contribution in [0.5, 0.6) is 0 Å². The van der Waals surface area contributed by atoms with Gasteiger partial charge in [-0.1, -0.05) is 0 Å². The molecule has 1 rings (SSSR count). The van der Waals surface area contributed by atoms with Crippen molar-refractivity contribution in [1.29, 1.82) is 5.26 Å². The van der Waals surface area contributed by atoms with Crippen LogP contribution in [0.1, 0.15) is 20.3 Å². The number of nitrogens with zero attached hydrogens (tertiary/aromatic N) is 4. The van der Waals surface area contributed by atoms with Crippen molar-refractivity contribution in [1.82, 2.24) is 9.97 Å². The Bertz CT molecular complexity index is 369. The molecule has 1 N–H and O–H groups in total. The second kappa shape index (κ2) is 5.91. The maximum atomic E-state index is 8.62. The maximum absolute atomic E-state index is 8.62. The van der Waals surface area contributed by atoms with E-state index in [4.69, 9.17) is 5.26 Å². The van der Waals surface area contributed by atoms with E-state index in [2.05, 4.69) is 40.1 Å². The molecule has 5 nitrogen and oxygen atoms in total. The number of rotatable bonds is 5. The van der Waals surface area contributed by atoms with E-state index in [9.17, 15) is 0 Å². The van der Waals surface area contributed by atoms with Crippen molar-refractivity contribution < 1.29 is 0 Å². The van der Waals surface area contributed by atoms with Crippen molar-refractivity contribution in [3.63, 3.8) is 0 Å². The van der Waals surface area contributed by atoms with Crippen molar-refractivity contribution in [2.75, 3.05) is 23.8 Å². The minimum atomic E-state index is 0.301. The van der Waals surface area contributed by atoms with Crippen LogP contribution in [-0.4, -0.2) is 29.6 Å². The van der Waals surface area contributed by atoms with Crippen LogP contribution in [0, 0.1) is 11.3 Å². The molecule has 5 heteroatoms. The van der Waals surface area contributed by atoms with Crippen LogP contribution in [-0.2, 0) is 0 Å². The van der Waals surface area contributed by atoms with Crippen LogP contribution in [0.25, 0.3) is 0 Å². The molecular formula is C11H17N5. The summed E-state index contributed by atoms with van der Waals surface area (Å²) in [5, 5.41) is 11.6. The Morgan fingerprint density at radius 2 is 2.25 bits per heavy atom. The molecule has 0 aliphatic carbocycles. The van der Waals surface area contributed by atoms with E-state index in [-0.39, 0.29) is 0 Å². The van der Waals surface area contributed by atoms with Crippen molar-refractivity contribution >= 4 is 11.6 Å². The molecule has 0 aliphatic heterocycles. The lowest BCUT2D eigenvalue weighted by Crippen LogP contribution is -2.32. The summed E-state index contributed by atoms with van der Waals surface area (Å²) in [6.07, 6.45) is 3.88. The van der Waals surface area contributed by atoms with E-state index in [1.54, 1.807) is 12.4 Å². The average molecular weight is 219 g/mol. The number of hydrogen-bond donors (Lipinski definition) is 1. The van der Waals surface area contributed by atoms with Crippen LogP contribution in [0.2, 0.25) is 0 Å². The molecule has 16 heavy (non-hydrogen) atoms. The Kier molecular flexibility index (Phi) is 4.52. The fraction of sp³-hybridized carbons (Fsp3) is 0.545. The number of hydrogen-bond acceptors (Lipinski definition) is 5. The monoisotopic (exact) mass is 219 g/mol. The molecule has 0 radical (unpaired) electrons. The summed E-state index contributed by atoms with van der Waals surface area (Å²) in [5.74, 6) is 1.54.